The van der Waals surface area contributed by atoms with Crippen molar-refractivity contribution in [3.63, 3.8) is 0 Å². The molecule has 232 valence electrons. The van der Waals surface area contributed by atoms with Crippen LogP contribution in [-0.2, 0) is 16.6 Å². The van der Waals surface area contributed by atoms with Gasteiger partial charge < -0.3 is 5.11 Å². The first-order valence-electron chi connectivity index (χ1n) is 17.1. The van der Waals surface area contributed by atoms with Gasteiger partial charge >= 0.3 is 5.97 Å². The average molecular weight is 584 g/mol. The highest BCUT2D eigenvalue weighted by molar-refractivity contribution is 5.76. The summed E-state index contributed by atoms with van der Waals surface area (Å²) in [5.74, 6) is 1.61. The molecule has 0 radical (unpaired) electrons. The van der Waals surface area contributed by atoms with Gasteiger partial charge in [0.15, 0.2) is 0 Å². The molecule has 1 aromatic heterocycles. The Labute approximate surface area is 258 Å². The smallest absolute Gasteiger partial charge is 0.309 e. The number of rotatable bonds is 4. The Hall–Kier alpha value is -2.43. The first-order chi connectivity index (χ1) is 20.2. The topological polar surface area (TPSA) is 68.0 Å². The molecule has 4 fully saturated rings. The molecule has 10 atom stereocenters. The number of allylic oxidation sites excluding steroid dienone is 1. The molecule has 5 heteroatoms. The standard InChI is InChI=1S/C38H53N3O2/c1-23(2)26-16-19-38(33(42)43)21-20-36(7)27(31(26)38)14-15-30-35(6)22-28-32(34(4,5)29(35)17-18-37(30,36)8)41(40-39-28)24(3)25-12-10-9-11-13-25/h9-13,24,26-27,29-31H,1,14-22H2,2-8H3,(H,42,43)/t24-,26-,27+,29-,30+,31+,35-,36+,37+,38-/m0/s1. The lowest BCUT2D eigenvalue weighted by atomic mass is 9.32. The number of hydrogen-bond donors (Lipinski definition) is 1. The van der Waals surface area contributed by atoms with Gasteiger partial charge in [0.2, 0.25) is 0 Å². The molecule has 1 N–H and O–H groups in total. The molecule has 5 aliphatic carbocycles. The first kappa shape index (κ1) is 29.3. The molecule has 0 spiro atoms. The lowest BCUT2D eigenvalue weighted by molar-refractivity contribution is -0.228. The van der Waals surface area contributed by atoms with Crippen LogP contribution in [0.2, 0.25) is 0 Å². The molecule has 0 unspecified atom stereocenters. The van der Waals surface area contributed by atoms with E-state index in [1.165, 1.54) is 41.8 Å². The summed E-state index contributed by atoms with van der Waals surface area (Å²) in [6, 6.07) is 10.9. The summed E-state index contributed by atoms with van der Waals surface area (Å²) in [4.78, 5) is 13.0. The Morgan fingerprint density at radius 3 is 2.35 bits per heavy atom. The molecule has 0 bridgehead atoms. The van der Waals surface area contributed by atoms with E-state index in [9.17, 15) is 9.90 Å². The third kappa shape index (κ3) is 3.60. The molecular formula is C38H53N3O2. The predicted octanol–water partition coefficient (Wildman–Crippen LogP) is 8.64. The van der Waals surface area contributed by atoms with E-state index in [4.69, 9.17) is 10.3 Å². The molecule has 0 amide bonds. The van der Waals surface area contributed by atoms with E-state index >= 15 is 0 Å². The zero-order chi connectivity index (χ0) is 30.7. The fraction of sp³-hybridized carbons (Fsp3) is 0.711. The van der Waals surface area contributed by atoms with Crippen LogP contribution in [0.3, 0.4) is 0 Å². The third-order valence-electron chi connectivity index (χ3n) is 15.2. The van der Waals surface area contributed by atoms with Crippen LogP contribution in [0, 0.1) is 51.2 Å². The summed E-state index contributed by atoms with van der Waals surface area (Å²) in [6.07, 6.45) is 9.45. The van der Waals surface area contributed by atoms with Crippen LogP contribution in [-0.4, -0.2) is 26.1 Å². The predicted molar refractivity (Wildman–Crippen MR) is 171 cm³/mol. The SMILES string of the molecule is C=C(C)[C@@H]1CC[C@]2(C(=O)O)CC[C@]3(C)[C@H](CC[C@@H]4[C@@]5(C)Cc6nnn([C@@H](C)c7ccccc7)c6C(C)(C)[C@@H]5CC[C@]43C)[C@@H]12. The van der Waals surface area contributed by atoms with Gasteiger partial charge in [0.1, 0.15) is 0 Å². The van der Waals surface area contributed by atoms with Gasteiger partial charge in [0.05, 0.1) is 22.8 Å². The van der Waals surface area contributed by atoms with Gasteiger partial charge in [-0.15, -0.1) is 5.10 Å². The van der Waals surface area contributed by atoms with E-state index in [1.807, 2.05) is 0 Å². The van der Waals surface area contributed by atoms with Gasteiger partial charge in [-0.05, 0) is 123 Å². The average Bonchev–Trinajstić information content (AvgIpc) is 3.56. The number of aliphatic carboxylic acids is 1. The molecule has 4 saturated carbocycles. The van der Waals surface area contributed by atoms with Crippen molar-refractivity contribution in [2.24, 2.45) is 51.2 Å². The maximum Gasteiger partial charge on any atom is 0.309 e. The minimum absolute atomic E-state index is 0.0323. The fourth-order valence-corrected chi connectivity index (χ4v) is 13.1. The van der Waals surface area contributed by atoms with Crippen molar-refractivity contribution in [3.8, 4) is 0 Å². The monoisotopic (exact) mass is 583 g/mol. The molecule has 0 saturated heterocycles. The summed E-state index contributed by atoms with van der Waals surface area (Å²) >= 11 is 0. The Kier molecular flexibility index (Phi) is 6.33. The Balaban J connectivity index is 1.27. The number of carboxylic acid groups (broad SMARTS) is 1. The normalized spacial score (nSPS) is 43.4. The van der Waals surface area contributed by atoms with Crippen molar-refractivity contribution >= 4 is 5.97 Å². The number of carboxylic acids is 1. The van der Waals surface area contributed by atoms with E-state index in [0.717, 1.165) is 38.5 Å². The summed E-state index contributed by atoms with van der Waals surface area (Å²) in [5.41, 5.74) is 4.88. The van der Waals surface area contributed by atoms with E-state index < -0.39 is 11.4 Å². The van der Waals surface area contributed by atoms with Crippen LogP contribution < -0.4 is 0 Å². The largest absolute Gasteiger partial charge is 0.481 e. The molecule has 5 nitrogen and oxygen atoms in total. The second-order valence-electron chi connectivity index (χ2n) is 17.0. The zero-order valence-electron chi connectivity index (χ0n) is 27.6. The van der Waals surface area contributed by atoms with Gasteiger partial charge in [-0.3, -0.25) is 4.79 Å². The van der Waals surface area contributed by atoms with Crippen molar-refractivity contribution in [1.82, 2.24) is 15.0 Å². The highest BCUT2D eigenvalue weighted by atomic mass is 16.4. The summed E-state index contributed by atoms with van der Waals surface area (Å²) in [7, 11) is 0. The molecular weight excluding hydrogens is 530 g/mol. The third-order valence-corrected chi connectivity index (χ3v) is 15.2. The van der Waals surface area contributed by atoms with Gasteiger partial charge in [-0.25, -0.2) is 4.68 Å². The van der Waals surface area contributed by atoms with Crippen LogP contribution >= 0.6 is 0 Å². The maximum absolute atomic E-state index is 13.0. The summed E-state index contributed by atoms with van der Waals surface area (Å²) < 4.78 is 2.24. The van der Waals surface area contributed by atoms with Crippen molar-refractivity contribution in [1.29, 1.82) is 0 Å². The zero-order valence-corrected chi connectivity index (χ0v) is 27.6. The molecule has 5 aliphatic rings. The summed E-state index contributed by atoms with van der Waals surface area (Å²) in [6.45, 7) is 21.6. The van der Waals surface area contributed by atoms with Crippen LogP contribution in [0.15, 0.2) is 42.5 Å². The maximum atomic E-state index is 13.0. The molecule has 0 aliphatic heterocycles. The van der Waals surface area contributed by atoms with Gasteiger partial charge in [0, 0.05) is 5.41 Å². The number of hydrogen-bond acceptors (Lipinski definition) is 3. The van der Waals surface area contributed by atoms with Crippen LogP contribution in [0.4, 0.5) is 0 Å². The molecule has 7 rings (SSSR count). The number of fused-ring (bicyclic) bond motifs is 8. The highest BCUT2D eigenvalue weighted by Gasteiger charge is 2.72. The first-order valence-corrected chi connectivity index (χ1v) is 17.1. The lowest BCUT2D eigenvalue weighted by Crippen LogP contribution is -2.67. The van der Waals surface area contributed by atoms with Crippen LogP contribution in [0.1, 0.15) is 123 Å². The number of nitrogens with zero attached hydrogens (tertiary/aromatic N) is 3. The van der Waals surface area contributed by atoms with Crippen molar-refractivity contribution in [2.45, 2.75) is 118 Å². The second-order valence-corrected chi connectivity index (χ2v) is 17.0. The number of benzene rings is 1. The minimum atomic E-state index is -0.562. The van der Waals surface area contributed by atoms with Crippen molar-refractivity contribution < 1.29 is 9.90 Å². The Bertz CT molecular complexity index is 1460. The molecule has 2 aromatic rings. The minimum Gasteiger partial charge on any atom is -0.481 e. The van der Waals surface area contributed by atoms with Crippen molar-refractivity contribution in [3.05, 3.63) is 59.4 Å². The van der Waals surface area contributed by atoms with Gasteiger partial charge in [-0.2, -0.15) is 0 Å². The second kappa shape index (κ2) is 9.30. The summed E-state index contributed by atoms with van der Waals surface area (Å²) in [5, 5.41) is 20.5. The fourth-order valence-electron chi connectivity index (χ4n) is 13.1. The highest BCUT2D eigenvalue weighted by Crippen LogP contribution is 2.77. The van der Waals surface area contributed by atoms with Crippen LogP contribution in [0.25, 0.3) is 0 Å². The number of carbonyl (C=O) groups is 1. The quantitative estimate of drug-likeness (QED) is 0.366. The Morgan fingerprint density at radius 2 is 1.67 bits per heavy atom. The molecule has 1 heterocycles. The van der Waals surface area contributed by atoms with Crippen LogP contribution in [0.5, 0.6) is 0 Å². The van der Waals surface area contributed by atoms with E-state index in [-0.39, 0.29) is 33.6 Å². The lowest BCUT2D eigenvalue weighted by Gasteiger charge is -2.72. The van der Waals surface area contributed by atoms with Gasteiger partial charge in [0.25, 0.3) is 0 Å². The molecule has 1 aromatic carbocycles. The van der Waals surface area contributed by atoms with E-state index in [0.29, 0.717) is 23.7 Å². The van der Waals surface area contributed by atoms with Crippen molar-refractivity contribution in [2.75, 3.05) is 0 Å². The number of aromatic nitrogens is 3. The van der Waals surface area contributed by atoms with E-state index in [1.54, 1.807) is 0 Å². The Morgan fingerprint density at radius 1 is 0.953 bits per heavy atom. The molecule has 43 heavy (non-hydrogen) atoms. The van der Waals surface area contributed by atoms with Gasteiger partial charge in [-0.1, -0.05) is 82.3 Å². The van der Waals surface area contributed by atoms with E-state index in [2.05, 4.69) is 90.1 Å².